The van der Waals surface area contributed by atoms with Gasteiger partial charge in [-0.05, 0) is 17.7 Å². The van der Waals surface area contributed by atoms with E-state index in [2.05, 4.69) is 0 Å². The summed E-state index contributed by atoms with van der Waals surface area (Å²) in [6.07, 6.45) is -0.736. The first-order valence-electron chi connectivity index (χ1n) is 6.11. The minimum atomic E-state index is -0.603. The Morgan fingerprint density at radius 1 is 1.17 bits per heavy atom. The Kier molecular flexibility index (Phi) is 3.63. The highest BCUT2D eigenvalue weighted by Crippen LogP contribution is 2.34. The number of hydrogen-bond acceptors (Lipinski definition) is 5. The molecule has 0 saturated carbocycles. The highest BCUT2D eigenvalue weighted by molar-refractivity contribution is 7.99. The fraction of sp³-hybridized carbons (Fsp3) is 0.538. The molecule has 0 spiro atoms. The highest BCUT2D eigenvalue weighted by atomic mass is 32.2. The smallest absolute Gasteiger partial charge is 0.161 e. The molecule has 0 aliphatic carbocycles. The third-order valence-corrected chi connectivity index (χ3v) is 4.12. The molecule has 1 N–H and O–H groups in total. The molecule has 4 nitrogen and oxygen atoms in total. The molecule has 18 heavy (non-hydrogen) atoms. The van der Waals surface area contributed by atoms with E-state index in [9.17, 15) is 5.11 Å². The largest absolute Gasteiger partial charge is 0.486 e. The zero-order valence-electron chi connectivity index (χ0n) is 10.0. The Labute approximate surface area is 110 Å². The Balaban J connectivity index is 1.78. The van der Waals surface area contributed by atoms with Crippen molar-refractivity contribution < 1.29 is 19.3 Å². The minimum Gasteiger partial charge on any atom is -0.486 e. The Hall–Kier alpha value is -0.910. The molecule has 1 fully saturated rings. The minimum absolute atomic E-state index is 0.133. The second-order valence-electron chi connectivity index (χ2n) is 4.33. The van der Waals surface area contributed by atoms with E-state index < -0.39 is 6.10 Å². The molecule has 2 atom stereocenters. The lowest BCUT2D eigenvalue weighted by molar-refractivity contribution is -0.0229. The summed E-state index contributed by atoms with van der Waals surface area (Å²) in [5.41, 5.74) is 0.826. The predicted octanol–water partition coefficient (Wildman–Crippen LogP) is 1.62. The number of thioether (sulfide) groups is 1. The van der Waals surface area contributed by atoms with E-state index in [4.69, 9.17) is 14.2 Å². The molecule has 2 aliphatic rings. The van der Waals surface area contributed by atoms with Crippen LogP contribution in [0.5, 0.6) is 11.5 Å². The topological polar surface area (TPSA) is 47.9 Å². The normalized spacial score (nSPS) is 24.6. The molecule has 2 heterocycles. The van der Waals surface area contributed by atoms with Crippen molar-refractivity contribution in [1.29, 1.82) is 0 Å². The molecule has 2 aliphatic heterocycles. The van der Waals surface area contributed by atoms with E-state index in [1.54, 1.807) is 0 Å². The van der Waals surface area contributed by atoms with Gasteiger partial charge in [-0.25, -0.2) is 0 Å². The first kappa shape index (κ1) is 12.1. The van der Waals surface area contributed by atoms with Crippen LogP contribution in [-0.2, 0) is 4.74 Å². The monoisotopic (exact) mass is 268 g/mol. The van der Waals surface area contributed by atoms with Gasteiger partial charge in [0, 0.05) is 11.5 Å². The van der Waals surface area contributed by atoms with Crippen LogP contribution in [0.15, 0.2) is 18.2 Å². The molecule has 0 bridgehead atoms. The predicted molar refractivity (Wildman–Crippen MR) is 69.5 cm³/mol. The fourth-order valence-electron chi connectivity index (χ4n) is 2.15. The molecule has 0 aromatic heterocycles. The van der Waals surface area contributed by atoms with Gasteiger partial charge >= 0.3 is 0 Å². The van der Waals surface area contributed by atoms with Crippen LogP contribution in [0.2, 0.25) is 0 Å². The molecule has 2 unspecified atom stereocenters. The number of fused-ring (bicyclic) bond motifs is 1. The van der Waals surface area contributed by atoms with Crippen molar-refractivity contribution in [3.05, 3.63) is 23.8 Å². The van der Waals surface area contributed by atoms with Crippen molar-refractivity contribution in [3.63, 3.8) is 0 Å². The van der Waals surface area contributed by atoms with Gasteiger partial charge in [0.05, 0.1) is 12.7 Å². The van der Waals surface area contributed by atoms with Gasteiger partial charge in [0.25, 0.3) is 0 Å². The van der Waals surface area contributed by atoms with Crippen molar-refractivity contribution in [2.75, 3.05) is 31.3 Å². The zero-order valence-corrected chi connectivity index (χ0v) is 10.8. The Morgan fingerprint density at radius 3 is 2.78 bits per heavy atom. The van der Waals surface area contributed by atoms with Crippen LogP contribution >= 0.6 is 11.8 Å². The molecule has 0 radical (unpaired) electrons. The SMILES string of the molecule is OC(c1ccc2c(c1)OCCO2)C1CSCCO1. The highest BCUT2D eigenvalue weighted by Gasteiger charge is 2.25. The molecule has 0 amide bonds. The van der Waals surface area contributed by atoms with E-state index in [1.165, 1.54) is 0 Å². The molecule has 1 aromatic rings. The van der Waals surface area contributed by atoms with E-state index in [1.807, 2.05) is 30.0 Å². The lowest BCUT2D eigenvalue weighted by Crippen LogP contribution is -2.29. The summed E-state index contributed by atoms with van der Waals surface area (Å²) in [6, 6.07) is 5.58. The molecule has 1 aromatic carbocycles. The summed E-state index contributed by atoms with van der Waals surface area (Å²) in [4.78, 5) is 0. The molecule has 5 heteroatoms. The van der Waals surface area contributed by atoms with E-state index >= 15 is 0 Å². The van der Waals surface area contributed by atoms with Gasteiger partial charge in [-0.1, -0.05) is 6.07 Å². The van der Waals surface area contributed by atoms with Crippen LogP contribution in [0.1, 0.15) is 11.7 Å². The summed E-state index contributed by atoms with van der Waals surface area (Å²) in [5.74, 6) is 3.29. The van der Waals surface area contributed by atoms with Crippen LogP contribution in [0.4, 0.5) is 0 Å². The first-order valence-corrected chi connectivity index (χ1v) is 7.27. The van der Waals surface area contributed by atoms with Crippen molar-refractivity contribution in [3.8, 4) is 11.5 Å². The van der Waals surface area contributed by atoms with E-state index in [0.717, 1.165) is 22.8 Å². The Bertz CT molecular complexity index is 417. The van der Waals surface area contributed by atoms with Crippen molar-refractivity contribution in [2.45, 2.75) is 12.2 Å². The maximum Gasteiger partial charge on any atom is 0.161 e. The van der Waals surface area contributed by atoms with Crippen molar-refractivity contribution >= 4 is 11.8 Å². The summed E-state index contributed by atoms with van der Waals surface area (Å²) in [7, 11) is 0. The van der Waals surface area contributed by atoms with Crippen LogP contribution in [0.25, 0.3) is 0 Å². The van der Waals surface area contributed by atoms with Crippen LogP contribution in [0.3, 0.4) is 0 Å². The Morgan fingerprint density at radius 2 is 2.00 bits per heavy atom. The third kappa shape index (κ3) is 2.43. The average Bonchev–Trinajstić information content (AvgIpc) is 2.47. The summed E-state index contributed by atoms with van der Waals surface area (Å²) in [5, 5.41) is 10.3. The van der Waals surface area contributed by atoms with Crippen LogP contribution in [0, 0.1) is 0 Å². The van der Waals surface area contributed by atoms with E-state index in [0.29, 0.717) is 25.6 Å². The lowest BCUT2D eigenvalue weighted by Gasteiger charge is -2.28. The number of ether oxygens (including phenoxy) is 3. The van der Waals surface area contributed by atoms with Gasteiger partial charge in [-0.15, -0.1) is 0 Å². The molecule has 1 saturated heterocycles. The third-order valence-electron chi connectivity index (χ3n) is 3.10. The van der Waals surface area contributed by atoms with Gasteiger partial charge in [-0.2, -0.15) is 11.8 Å². The molecule has 98 valence electrons. The average molecular weight is 268 g/mol. The van der Waals surface area contributed by atoms with Crippen molar-refractivity contribution in [1.82, 2.24) is 0 Å². The van der Waals surface area contributed by atoms with Crippen LogP contribution in [-0.4, -0.2) is 42.5 Å². The summed E-state index contributed by atoms with van der Waals surface area (Å²) in [6.45, 7) is 1.84. The summed E-state index contributed by atoms with van der Waals surface area (Å²) < 4.78 is 16.6. The second-order valence-corrected chi connectivity index (χ2v) is 5.48. The standard InChI is InChI=1S/C13H16O4S/c14-13(12-8-18-6-5-17-12)9-1-2-10-11(7-9)16-4-3-15-10/h1-2,7,12-14H,3-6,8H2. The van der Waals surface area contributed by atoms with Crippen molar-refractivity contribution in [2.24, 2.45) is 0 Å². The zero-order chi connectivity index (χ0) is 12.4. The van der Waals surface area contributed by atoms with Gasteiger partial charge in [0.1, 0.15) is 19.3 Å². The molecule has 3 rings (SSSR count). The second kappa shape index (κ2) is 5.38. The first-order chi connectivity index (χ1) is 8.84. The molecular weight excluding hydrogens is 252 g/mol. The molecular formula is C13H16O4S. The number of rotatable bonds is 2. The number of benzene rings is 1. The van der Waals surface area contributed by atoms with Crippen LogP contribution < -0.4 is 9.47 Å². The number of aliphatic hydroxyl groups is 1. The number of aliphatic hydroxyl groups excluding tert-OH is 1. The van der Waals surface area contributed by atoms with Gasteiger partial charge in [0.15, 0.2) is 11.5 Å². The quantitative estimate of drug-likeness (QED) is 0.883. The van der Waals surface area contributed by atoms with Gasteiger partial charge in [-0.3, -0.25) is 0 Å². The lowest BCUT2D eigenvalue weighted by atomic mass is 10.0. The summed E-state index contributed by atoms with van der Waals surface area (Å²) >= 11 is 1.81. The fourth-order valence-corrected chi connectivity index (χ4v) is 3.04. The van der Waals surface area contributed by atoms with Gasteiger partial charge in [0.2, 0.25) is 0 Å². The van der Waals surface area contributed by atoms with Gasteiger partial charge < -0.3 is 19.3 Å². The van der Waals surface area contributed by atoms with E-state index in [-0.39, 0.29) is 6.10 Å². The number of hydrogen-bond donors (Lipinski definition) is 1. The maximum absolute atomic E-state index is 10.3. The maximum atomic E-state index is 10.3.